The highest BCUT2D eigenvalue weighted by Gasteiger charge is 2.34. The van der Waals surface area contributed by atoms with Crippen molar-refractivity contribution in [3.05, 3.63) is 23.2 Å². The van der Waals surface area contributed by atoms with E-state index in [4.69, 9.17) is 11.6 Å². The van der Waals surface area contributed by atoms with Gasteiger partial charge in [0.2, 0.25) is 10.0 Å². The van der Waals surface area contributed by atoms with E-state index in [-0.39, 0.29) is 29.4 Å². The molecular formula is C13H20Cl2N2O2S2. The molecule has 4 nitrogen and oxygen atoms in total. The Morgan fingerprint density at radius 1 is 1.38 bits per heavy atom. The molecule has 0 amide bonds. The average Bonchev–Trinajstić information content (AvgIpc) is 2.41. The molecule has 2 unspecified atom stereocenters. The molecule has 0 spiro atoms. The van der Waals surface area contributed by atoms with Crippen molar-refractivity contribution in [1.29, 1.82) is 0 Å². The van der Waals surface area contributed by atoms with Crippen LogP contribution < -0.4 is 5.32 Å². The van der Waals surface area contributed by atoms with Crippen LogP contribution in [-0.4, -0.2) is 44.2 Å². The van der Waals surface area contributed by atoms with Gasteiger partial charge in [-0.3, -0.25) is 0 Å². The molecule has 0 aliphatic carbocycles. The number of hydrogen-bond acceptors (Lipinski definition) is 4. The van der Waals surface area contributed by atoms with Crippen LogP contribution in [0.15, 0.2) is 28.0 Å². The normalized spacial score (nSPS) is 23.6. The first-order valence-electron chi connectivity index (χ1n) is 6.46. The van der Waals surface area contributed by atoms with Crippen LogP contribution in [0.4, 0.5) is 0 Å². The third-order valence-electron chi connectivity index (χ3n) is 3.71. The summed E-state index contributed by atoms with van der Waals surface area (Å²) in [5.41, 5.74) is 0. The molecule has 2 rings (SSSR count). The van der Waals surface area contributed by atoms with Crippen molar-refractivity contribution in [1.82, 2.24) is 9.62 Å². The molecular weight excluding hydrogens is 351 g/mol. The minimum Gasteiger partial charge on any atom is -0.311 e. The van der Waals surface area contributed by atoms with Gasteiger partial charge in [0.15, 0.2) is 0 Å². The topological polar surface area (TPSA) is 49.4 Å². The summed E-state index contributed by atoms with van der Waals surface area (Å²) in [5, 5.41) is 3.76. The maximum absolute atomic E-state index is 12.7. The summed E-state index contributed by atoms with van der Waals surface area (Å²) in [6.07, 6.45) is 1.91. The van der Waals surface area contributed by atoms with Crippen molar-refractivity contribution in [3.8, 4) is 0 Å². The monoisotopic (exact) mass is 370 g/mol. The number of halogens is 2. The van der Waals surface area contributed by atoms with Gasteiger partial charge in [0.05, 0.1) is 9.92 Å². The predicted molar refractivity (Wildman–Crippen MR) is 91.3 cm³/mol. The number of thioether (sulfide) groups is 1. The van der Waals surface area contributed by atoms with Crippen LogP contribution in [0, 0.1) is 0 Å². The van der Waals surface area contributed by atoms with E-state index in [1.54, 1.807) is 22.5 Å². The maximum Gasteiger partial charge on any atom is 0.243 e. The Balaban J connectivity index is 0.00000220. The Morgan fingerprint density at radius 2 is 2.05 bits per heavy atom. The quantitative estimate of drug-likeness (QED) is 0.831. The van der Waals surface area contributed by atoms with E-state index in [2.05, 4.69) is 5.32 Å². The number of piperazine rings is 1. The van der Waals surface area contributed by atoms with Gasteiger partial charge in [-0.2, -0.15) is 4.31 Å². The zero-order valence-electron chi connectivity index (χ0n) is 12.2. The van der Waals surface area contributed by atoms with Crippen molar-refractivity contribution < 1.29 is 8.42 Å². The van der Waals surface area contributed by atoms with Crippen molar-refractivity contribution in [2.24, 2.45) is 0 Å². The fourth-order valence-electron chi connectivity index (χ4n) is 2.31. The Labute approximate surface area is 142 Å². The highest BCUT2D eigenvalue weighted by molar-refractivity contribution is 7.98. The lowest BCUT2D eigenvalue weighted by Gasteiger charge is -2.37. The molecule has 21 heavy (non-hydrogen) atoms. The summed E-state index contributed by atoms with van der Waals surface area (Å²) in [6.45, 7) is 5.07. The van der Waals surface area contributed by atoms with E-state index in [1.165, 1.54) is 11.8 Å². The molecule has 1 heterocycles. The van der Waals surface area contributed by atoms with Gasteiger partial charge in [0, 0.05) is 30.1 Å². The summed E-state index contributed by atoms with van der Waals surface area (Å²) in [4.78, 5) is 1.15. The summed E-state index contributed by atoms with van der Waals surface area (Å²) in [5.74, 6) is 0. The maximum atomic E-state index is 12.7. The number of hydrogen-bond donors (Lipinski definition) is 1. The molecule has 0 saturated carbocycles. The molecule has 8 heteroatoms. The lowest BCUT2D eigenvalue weighted by Crippen LogP contribution is -2.57. The summed E-state index contributed by atoms with van der Waals surface area (Å²) < 4.78 is 27.0. The van der Waals surface area contributed by atoms with Crippen molar-refractivity contribution in [3.63, 3.8) is 0 Å². The number of rotatable bonds is 3. The second-order valence-electron chi connectivity index (χ2n) is 4.90. The Hall–Kier alpha value is 0.0200. The predicted octanol–water partition coefficient (Wildman–Crippen LogP) is 2.85. The zero-order chi connectivity index (χ0) is 14.9. The molecule has 1 N–H and O–H groups in total. The van der Waals surface area contributed by atoms with Crippen LogP contribution >= 0.6 is 35.8 Å². The molecule has 0 radical (unpaired) electrons. The molecule has 120 valence electrons. The zero-order valence-corrected chi connectivity index (χ0v) is 15.4. The van der Waals surface area contributed by atoms with Gasteiger partial charge in [0.1, 0.15) is 0 Å². The van der Waals surface area contributed by atoms with Crippen LogP contribution in [0.25, 0.3) is 0 Å². The molecule has 1 aliphatic rings. The first kappa shape index (κ1) is 19.1. The summed E-state index contributed by atoms with van der Waals surface area (Å²) >= 11 is 7.62. The van der Waals surface area contributed by atoms with E-state index in [9.17, 15) is 8.42 Å². The van der Waals surface area contributed by atoms with Gasteiger partial charge in [-0.1, -0.05) is 11.6 Å². The van der Waals surface area contributed by atoms with Gasteiger partial charge in [-0.25, -0.2) is 8.42 Å². The molecule has 1 saturated heterocycles. The molecule has 0 bridgehead atoms. The van der Waals surface area contributed by atoms with Crippen LogP contribution in [0.3, 0.4) is 0 Å². The van der Waals surface area contributed by atoms with Crippen LogP contribution in [0.5, 0.6) is 0 Å². The van der Waals surface area contributed by atoms with E-state index in [0.717, 1.165) is 4.90 Å². The van der Waals surface area contributed by atoms with Gasteiger partial charge < -0.3 is 5.32 Å². The Morgan fingerprint density at radius 3 is 2.62 bits per heavy atom. The van der Waals surface area contributed by atoms with Crippen LogP contribution in [0.2, 0.25) is 5.02 Å². The number of sulfonamides is 1. The van der Waals surface area contributed by atoms with Crippen molar-refractivity contribution in [2.75, 3.05) is 19.3 Å². The first-order chi connectivity index (χ1) is 9.37. The fourth-order valence-corrected chi connectivity index (χ4v) is 4.97. The Kier molecular flexibility index (Phi) is 6.83. The highest BCUT2D eigenvalue weighted by atomic mass is 35.5. The SMILES string of the molecule is CSc1ccc(S(=O)(=O)N2CCNC(C)C2C)cc1Cl.Cl. The minimum atomic E-state index is -3.49. The summed E-state index contributed by atoms with van der Waals surface area (Å²) in [6, 6.07) is 5.00. The minimum absolute atomic E-state index is 0. The van der Waals surface area contributed by atoms with E-state index >= 15 is 0 Å². The Bertz CT molecular complexity index is 596. The first-order valence-corrected chi connectivity index (χ1v) is 9.51. The van der Waals surface area contributed by atoms with Crippen molar-refractivity contribution >= 4 is 45.8 Å². The van der Waals surface area contributed by atoms with E-state index in [1.807, 2.05) is 20.1 Å². The van der Waals surface area contributed by atoms with Gasteiger partial charge in [-0.15, -0.1) is 24.2 Å². The second kappa shape index (κ2) is 7.53. The van der Waals surface area contributed by atoms with Crippen molar-refractivity contribution in [2.45, 2.75) is 35.7 Å². The molecule has 1 aromatic rings. The molecule has 2 atom stereocenters. The highest BCUT2D eigenvalue weighted by Crippen LogP contribution is 2.30. The lowest BCUT2D eigenvalue weighted by molar-refractivity contribution is 0.233. The standard InChI is InChI=1S/C13H19ClN2O2S2.ClH/c1-9-10(2)16(7-6-15-9)20(17,18)11-4-5-13(19-3)12(14)8-11;/h4-5,8-10,15H,6-7H2,1-3H3;1H. The average molecular weight is 371 g/mol. The lowest BCUT2D eigenvalue weighted by atomic mass is 10.1. The van der Waals surface area contributed by atoms with Gasteiger partial charge in [-0.05, 0) is 38.3 Å². The molecule has 0 aromatic heterocycles. The fraction of sp³-hybridized carbons (Fsp3) is 0.538. The van der Waals surface area contributed by atoms with Crippen LogP contribution in [0.1, 0.15) is 13.8 Å². The summed E-state index contributed by atoms with van der Waals surface area (Å²) in [7, 11) is -3.49. The second-order valence-corrected chi connectivity index (χ2v) is 8.04. The largest absolute Gasteiger partial charge is 0.311 e. The number of benzene rings is 1. The van der Waals surface area contributed by atoms with Crippen LogP contribution in [-0.2, 0) is 10.0 Å². The number of nitrogens with one attached hydrogen (secondary N) is 1. The van der Waals surface area contributed by atoms with E-state index < -0.39 is 10.0 Å². The van der Waals surface area contributed by atoms with Gasteiger partial charge >= 0.3 is 0 Å². The molecule has 1 fully saturated rings. The molecule has 1 aromatic carbocycles. The molecule has 1 aliphatic heterocycles. The van der Waals surface area contributed by atoms with E-state index in [0.29, 0.717) is 18.1 Å². The van der Waals surface area contributed by atoms with Gasteiger partial charge in [0.25, 0.3) is 0 Å². The third-order valence-corrected chi connectivity index (χ3v) is 6.91. The smallest absolute Gasteiger partial charge is 0.243 e. The third kappa shape index (κ3) is 3.86. The number of nitrogens with zero attached hydrogens (tertiary/aromatic N) is 1.